The summed E-state index contributed by atoms with van der Waals surface area (Å²) in [6.45, 7) is 1.62. The number of carbonyl (C=O) groups excluding carboxylic acids is 2. The molecule has 0 bridgehead atoms. The normalized spacial score (nSPS) is 15.5. The summed E-state index contributed by atoms with van der Waals surface area (Å²) >= 11 is 0. The van der Waals surface area contributed by atoms with E-state index in [0.717, 1.165) is 5.01 Å². The summed E-state index contributed by atoms with van der Waals surface area (Å²) in [4.78, 5) is 22.9. The van der Waals surface area contributed by atoms with Gasteiger partial charge in [0, 0.05) is 11.6 Å². The predicted octanol–water partition coefficient (Wildman–Crippen LogP) is 1.33. The number of nitrogens with one attached hydrogen (secondary N) is 1. The van der Waals surface area contributed by atoms with Gasteiger partial charge in [0.05, 0.1) is 5.69 Å². The Labute approximate surface area is 87.2 Å². The second-order valence-corrected chi connectivity index (χ2v) is 3.28. The van der Waals surface area contributed by atoms with Crippen molar-refractivity contribution >= 4 is 17.5 Å². The van der Waals surface area contributed by atoms with Crippen molar-refractivity contribution in [3.05, 3.63) is 42.0 Å². The lowest BCUT2D eigenvalue weighted by Gasteiger charge is -2.16. The van der Waals surface area contributed by atoms with Gasteiger partial charge in [-0.25, -0.2) is 0 Å². The van der Waals surface area contributed by atoms with Crippen LogP contribution in [0.15, 0.2) is 42.0 Å². The van der Waals surface area contributed by atoms with Crippen LogP contribution in [0, 0.1) is 0 Å². The predicted molar refractivity (Wildman–Crippen MR) is 55.7 cm³/mol. The van der Waals surface area contributed by atoms with Gasteiger partial charge >= 0.3 is 0 Å². The molecule has 4 nitrogen and oxygen atoms in total. The summed E-state index contributed by atoms with van der Waals surface area (Å²) in [7, 11) is 0. The van der Waals surface area contributed by atoms with Crippen molar-refractivity contribution in [3.8, 4) is 0 Å². The molecule has 1 aliphatic rings. The SMILES string of the molecule is CC1=CC(=O)N(Nc2ccccc2)C1=O. The lowest BCUT2D eigenvalue weighted by Crippen LogP contribution is -2.36. The third-order valence-electron chi connectivity index (χ3n) is 2.12. The fourth-order valence-corrected chi connectivity index (χ4v) is 1.34. The van der Waals surface area contributed by atoms with E-state index in [9.17, 15) is 9.59 Å². The molecule has 4 heteroatoms. The van der Waals surface area contributed by atoms with Gasteiger partial charge in [-0.05, 0) is 19.1 Å². The van der Waals surface area contributed by atoms with Crippen LogP contribution in [0.3, 0.4) is 0 Å². The second kappa shape index (κ2) is 3.57. The molecule has 1 aromatic rings. The van der Waals surface area contributed by atoms with Crippen molar-refractivity contribution in [2.24, 2.45) is 0 Å². The molecule has 1 aliphatic heterocycles. The van der Waals surface area contributed by atoms with E-state index in [4.69, 9.17) is 0 Å². The van der Waals surface area contributed by atoms with Crippen LogP contribution in [0.2, 0.25) is 0 Å². The molecule has 2 rings (SSSR count). The van der Waals surface area contributed by atoms with Gasteiger partial charge in [0.1, 0.15) is 0 Å². The summed E-state index contributed by atoms with van der Waals surface area (Å²) < 4.78 is 0. The van der Waals surface area contributed by atoms with Gasteiger partial charge in [0.15, 0.2) is 0 Å². The number of hydrogen-bond acceptors (Lipinski definition) is 3. The molecule has 0 saturated heterocycles. The Morgan fingerprint density at radius 3 is 2.33 bits per heavy atom. The largest absolute Gasteiger partial charge is 0.288 e. The van der Waals surface area contributed by atoms with E-state index < -0.39 is 0 Å². The minimum absolute atomic E-state index is 0.302. The molecule has 76 valence electrons. The molecule has 0 fully saturated rings. The molecule has 0 atom stereocenters. The summed E-state index contributed by atoms with van der Waals surface area (Å²) in [5.74, 6) is -0.634. The second-order valence-electron chi connectivity index (χ2n) is 3.28. The number of amides is 2. The van der Waals surface area contributed by atoms with Crippen molar-refractivity contribution in [2.45, 2.75) is 6.92 Å². The molecule has 0 saturated carbocycles. The minimum atomic E-state index is -0.332. The average Bonchev–Trinajstić information content (AvgIpc) is 2.47. The highest BCUT2D eigenvalue weighted by Crippen LogP contribution is 2.14. The van der Waals surface area contributed by atoms with Crippen LogP contribution in [-0.4, -0.2) is 16.8 Å². The first-order chi connectivity index (χ1) is 7.18. The molecule has 0 unspecified atom stereocenters. The van der Waals surface area contributed by atoms with Crippen molar-refractivity contribution in [3.63, 3.8) is 0 Å². The smallest absolute Gasteiger partial charge is 0.275 e. The maximum atomic E-state index is 11.5. The zero-order chi connectivity index (χ0) is 10.8. The Hall–Kier alpha value is -2.10. The van der Waals surface area contributed by atoms with Gasteiger partial charge in [-0.1, -0.05) is 18.2 Å². The summed E-state index contributed by atoms with van der Waals surface area (Å²) in [5.41, 5.74) is 3.91. The van der Waals surface area contributed by atoms with Crippen molar-refractivity contribution in [1.29, 1.82) is 0 Å². The highest BCUT2D eigenvalue weighted by atomic mass is 16.2. The lowest BCUT2D eigenvalue weighted by atomic mass is 10.3. The standard InChI is InChI=1S/C11H10N2O2/c1-8-7-10(14)13(11(8)15)12-9-5-3-2-4-6-9/h2-7,12H,1H3. The van der Waals surface area contributed by atoms with E-state index >= 15 is 0 Å². The molecule has 1 heterocycles. The molecule has 0 aromatic heterocycles. The number of para-hydroxylation sites is 1. The Bertz CT molecular complexity index is 437. The fraction of sp³-hybridized carbons (Fsp3) is 0.0909. The number of hydrogen-bond donors (Lipinski definition) is 1. The number of anilines is 1. The Morgan fingerprint density at radius 2 is 1.80 bits per heavy atom. The number of carbonyl (C=O) groups is 2. The first kappa shape index (κ1) is 9.45. The third-order valence-corrected chi connectivity index (χ3v) is 2.12. The molecular formula is C11H10N2O2. The highest BCUT2D eigenvalue weighted by Gasteiger charge is 2.28. The summed E-state index contributed by atoms with van der Waals surface area (Å²) in [5, 5.41) is 1.00. The fourth-order valence-electron chi connectivity index (χ4n) is 1.34. The molecule has 1 aromatic carbocycles. The summed E-state index contributed by atoms with van der Waals surface area (Å²) in [6, 6.07) is 9.09. The van der Waals surface area contributed by atoms with E-state index in [2.05, 4.69) is 5.43 Å². The quantitative estimate of drug-likeness (QED) is 0.736. The molecule has 0 radical (unpaired) electrons. The van der Waals surface area contributed by atoms with Crippen LogP contribution >= 0.6 is 0 Å². The average molecular weight is 202 g/mol. The Kier molecular flexibility index (Phi) is 2.25. The lowest BCUT2D eigenvalue weighted by molar-refractivity contribution is -0.135. The number of nitrogens with zero attached hydrogens (tertiary/aromatic N) is 1. The molecule has 0 spiro atoms. The molecule has 15 heavy (non-hydrogen) atoms. The zero-order valence-electron chi connectivity index (χ0n) is 8.23. The monoisotopic (exact) mass is 202 g/mol. The molecule has 0 aliphatic carbocycles. The first-order valence-electron chi connectivity index (χ1n) is 4.57. The number of benzene rings is 1. The van der Waals surface area contributed by atoms with Crippen LogP contribution in [0.25, 0.3) is 0 Å². The van der Waals surface area contributed by atoms with E-state index in [1.165, 1.54) is 6.08 Å². The van der Waals surface area contributed by atoms with Gasteiger partial charge in [-0.15, -0.1) is 0 Å². The molecule has 1 N–H and O–H groups in total. The van der Waals surface area contributed by atoms with Crippen LogP contribution in [-0.2, 0) is 9.59 Å². The van der Waals surface area contributed by atoms with Crippen LogP contribution in [0.1, 0.15) is 6.92 Å². The van der Waals surface area contributed by atoms with Gasteiger partial charge < -0.3 is 0 Å². The van der Waals surface area contributed by atoms with E-state index in [1.54, 1.807) is 19.1 Å². The van der Waals surface area contributed by atoms with Crippen LogP contribution in [0.5, 0.6) is 0 Å². The number of hydrazine groups is 1. The van der Waals surface area contributed by atoms with Crippen molar-refractivity contribution in [2.75, 3.05) is 5.43 Å². The van der Waals surface area contributed by atoms with Gasteiger partial charge in [-0.2, -0.15) is 5.01 Å². The molecular weight excluding hydrogens is 192 g/mol. The summed E-state index contributed by atoms with van der Waals surface area (Å²) in [6.07, 6.45) is 1.32. The van der Waals surface area contributed by atoms with Gasteiger partial charge in [0.2, 0.25) is 0 Å². The third kappa shape index (κ3) is 1.74. The maximum absolute atomic E-state index is 11.5. The minimum Gasteiger partial charge on any atom is -0.288 e. The highest BCUT2D eigenvalue weighted by molar-refractivity contribution is 6.16. The van der Waals surface area contributed by atoms with Crippen LogP contribution in [0.4, 0.5) is 5.69 Å². The maximum Gasteiger partial charge on any atom is 0.275 e. The topological polar surface area (TPSA) is 49.4 Å². The van der Waals surface area contributed by atoms with Crippen molar-refractivity contribution < 1.29 is 9.59 Å². The van der Waals surface area contributed by atoms with Gasteiger partial charge in [0.25, 0.3) is 11.8 Å². The first-order valence-corrected chi connectivity index (χ1v) is 4.57. The zero-order valence-corrected chi connectivity index (χ0v) is 8.23. The van der Waals surface area contributed by atoms with E-state index in [1.807, 2.05) is 18.2 Å². The molecule has 2 amide bonds. The van der Waals surface area contributed by atoms with Crippen molar-refractivity contribution in [1.82, 2.24) is 5.01 Å². The number of imide groups is 1. The van der Waals surface area contributed by atoms with Crippen LogP contribution < -0.4 is 5.43 Å². The Balaban J connectivity index is 2.15. The number of rotatable bonds is 2. The van der Waals surface area contributed by atoms with E-state index in [-0.39, 0.29) is 11.8 Å². The Morgan fingerprint density at radius 1 is 1.13 bits per heavy atom. The van der Waals surface area contributed by atoms with E-state index in [0.29, 0.717) is 11.3 Å². The van der Waals surface area contributed by atoms with Gasteiger partial charge in [-0.3, -0.25) is 15.0 Å².